The summed E-state index contributed by atoms with van der Waals surface area (Å²) in [7, 11) is 0. The Bertz CT molecular complexity index is 1250. The van der Waals surface area contributed by atoms with Crippen molar-refractivity contribution in [1.82, 2.24) is 19.3 Å². The highest BCUT2D eigenvalue weighted by molar-refractivity contribution is 6.33. The Balaban J connectivity index is 1.46. The van der Waals surface area contributed by atoms with E-state index in [9.17, 15) is 5.11 Å². The zero-order chi connectivity index (χ0) is 22.1. The standard InChI is InChI=1S/C23H24ClN5O3/c1-15-3-2-4-16(24)22(15)27-23-19-13-25-14-29(19)18-12-21(20(30)11-17(18)26-23)32-10-7-28-5-8-31-9-6-28/h2-4,11-14,30H,5-10H2,1H3,(H,26,27). The fraction of sp³-hybridized carbons (Fsp3) is 0.304. The molecule has 2 aromatic heterocycles. The van der Waals surface area contributed by atoms with Gasteiger partial charge in [0.2, 0.25) is 0 Å². The number of benzene rings is 2. The molecule has 0 spiro atoms. The van der Waals surface area contributed by atoms with Gasteiger partial charge in [-0.1, -0.05) is 23.7 Å². The third-order valence-electron chi connectivity index (χ3n) is 5.66. The van der Waals surface area contributed by atoms with E-state index in [-0.39, 0.29) is 5.75 Å². The average molecular weight is 454 g/mol. The van der Waals surface area contributed by atoms with Crippen molar-refractivity contribution < 1.29 is 14.6 Å². The maximum absolute atomic E-state index is 10.6. The Morgan fingerprint density at radius 1 is 1.22 bits per heavy atom. The Morgan fingerprint density at radius 3 is 2.88 bits per heavy atom. The van der Waals surface area contributed by atoms with Gasteiger partial charge in [-0.25, -0.2) is 9.97 Å². The molecule has 0 bridgehead atoms. The normalized spacial score (nSPS) is 14.8. The highest BCUT2D eigenvalue weighted by Crippen LogP contribution is 2.35. The summed E-state index contributed by atoms with van der Waals surface area (Å²) in [4.78, 5) is 11.3. The highest BCUT2D eigenvalue weighted by atomic mass is 35.5. The summed E-state index contributed by atoms with van der Waals surface area (Å²) in [6.45, 7) is 6.52. The first kappa shape index (κ1) is 20.8. The third kappa shape index (κ3) is 4.04. The van der Waals surface area contributed by atoms with Crippen LogP contribution in [0.4, 0.5) is 11.5 Å². The molecule has 4 aromatic rings. The summed E-state index contributed by atoms with van der Waals surface area (Å²) in [6, 6.07) is 9.14. The van der Waals surface area contributed by atoms with E-state index in [4.69, 9.17) is 26.1 Å². The number of phenolic OH excluding ortho intramolecular Hbond substituents is 1. The van der Waals surface area contributed by atoms with E-state index in [2.05, 4.69) is 15.2 Å². The summed E-state index contributed by atoms with van der Waals surface area (Å²) in [5, 5.41) is 14.5. The van der Waals surface area contributed by atoms with Gasteiger partial charge in [-0.15, -0.1) is 0 Å². The van der Waals surface area contributed by atoms with E-state index < -0.39 is 0 Å². The lowest BCUT2D eigenvalue weighted by Gasteiger charge is -2.26. The van der Waals surface area contributed by atoms with Gasteiger partial charge in [-0.2, -0.15) is 0 Å². The summed E-state index contributed by atoms with van der Waals surface area (Å²) in [5.74, 6) is 1.07. The molecule has 1 aliphatic rings. The van der Waals surface area contributed by atoms with Gasteiger partial charge < -0.3 is 19.9 Å². The van der Waals surface area contributed by atoms with Crippen LogP contribution in [-0.4, -0.2) is 63.8 Å². The van der Waals surface area contributed by atoms with Crippen molar-refractivity contribution in [3.8, 4) is 11.5 Å². The molecule has 1 fully saturated rings. The minimum Gasteiger partial charge on any atom is -0.504 e. The number of rotatable bonds is 6. The fourth-order valence-electron chi connectivity index (χ4n) is 3.89. The van der Waals surface area contributed by atoms with Crippen molar-refractivity contribution in [2.75, 3.05) is 44.8 Å². The number of aryl methyl sites for hydroxylation is 1. The molecule has 0 atom stereocenters. The maximum Gasteiger partial charge on any atom is 0.163 e. The topological polar surface area (TPSA) is 84.2 Å². The molecule has 2 N–H and O–H groups in total. The van der Waals surface area contributed by atoms with E-state index in [1.807, 2.05) is 29.5 Å². The summed E-state index contributed by atoms with van der Waals surface area (Å²) in [5.41, 5.74) is 3.99. The summed E-state index contributed by atoms with van der Waals surface area (Å²) < 4.78 is 13.2. The van der Waals surface area contributed by atoms with Crippen LogP contribution in [0.2, 0.25) is 5.02 Å². The predicted molar refractivity (Wildman–Crippen MR) is 124 cm³/mol. The smallest absolute Gasteiger partial charge is 0.163 e. The van der Waals surface area contributed by atoms with Crippen molar-refractivity contribution in [2.45, 2.75) is 6.92 Å². The first-order chi connectivity index (χ1) is 15.6. The third-order valence-corrected chi connectivity index (χ3v) is 5.98. The number of hydrogen-bond acceptors (Lipinski definition) is 7. The van der Waals surface area contributed by atoms with Crippen molar-refractivity contribution in [1.29, 1.82) is 0 Å². The molecular formula is C23H24ClN5O3. The van der Waals surface area contributed by atoms with Gasteiger partial charge in [0.25, 0.3) is 0 Å². The number of anilines is 2. The Hall–Kier alpha value is -3.07. The van der Waals surface area contributed by atoms with E-state index in [0.717, 1.165) is 55.1 Å². The molecule has 1 aliphatic heterocycles. The van der Waals surface area contributed by atoms with E-state index in [1.165, 1.54) is 0 Å². The molecule has 0 aliphatic carbocycles. The van der Waals surface area contributed by atoms with Crippen LogP contribution in [0.25, 0.3) is 16.6 Å². The quantitative estimate of drug-likeness (QED) is 0.456. The van der Waals surface area contributed by atoms with Crippen LogP contribution in [0.15, 0.2) is 42.9 Å². The minimum atomic E-state index is 0.0475. The van der Waals surface area contributed by atoms with Gasteiger partial charge >= 0.3 is 0 Å². The molecular weight excluding hydrogens is 430 g/mol. The largest absolute Gasteiger partial charge is 0.504 e. The second kappa shape index (κ2) is 8.82. The zero-order valence-electron chi connectivity index (χ0n) is 17.7. The van der Waals surface area contributed by atoms with Crippen molar-refractivity contribution in [3.05, 3.63) is 53.4 Å². The Morgan fingerprint density at radius 2 is 2.06 bits per heavy atom. The molecule has 8 nitrogen and oxygen atoms in total. The number of morpholine rings is 1. The molecule has 0 saturated carbocycles. The van der Waals surface area contributed by atoms with Gasteiger partial charge in [0.15, 0.2) is 17.3 Å². The number of aromatic nitrogens is 3. The van der Waals surface area contributed by atoms with Crippen LogP contribution in [0, 0.1) is 6.92 Å². The first-order valence-electron chi connectivity index (χ1n) is 10.5. The summed E-state index contributed by atoms with van der Waals surface area (Å²) in [6.07, 6.45) is 3.46. The number of para-hydroxylation sites is 1. The minimum absolute atomic E-state index is 0.0475. The van der Waals surface area contributed by atoms with E-state index >= 15 is 0 Å². The number of imidazole rings is 1. The van der Waals surface area contributed by atoms with Crippen molar-refractivity contribution in [2.24, 2.45) is 0 Å². The molecule has 9 heteroatoms. The number of hydrogen-bond donors (Lipinski definition) is 2. The number of nitrogens with zero attached hydrogens (tertiary/aromatic N) is 4. The van der Waals surface area contributed by atoms with Crippen LogP contribution in [0.1, 0.15) is 5.56 Å². The molecule has 0 unspecified atom stereocenters. The monoisotopic (exact) mass is 453 g/mol. The number of nitrogens with one attached hydrogen (secondary N) is 1. The van der Waals surface area contributed by atoms with Gasteiger partial charge in [0, 0.05) is 31.8 Å². The number of aromatic hydroxyl groups is 1. The second-order valence-electron chi connectivity index (χ2n) is 7.78. The number of phenols is 1. The molecule has 32 heavy (non-hydrogen) atoms. The average Bonchev–Trinajstić information content (AvgIpc) is 3.28. The summed E-state index contributed by atoms with van der Waals surface area (Å²) >= 11 is 6.39. The Labute approximate surface area is 190 Å². The van der Waals surface area contributed by atoms with Gasteiger partial charge in [-0.3, -0.25) is 9.30 Å². The molecule has 3 heterocycles. The van der Waals surface area contributed by atoms with Crippen LogP contribution in [0.5, 0.6) is 11.5 Å². The van der Waals surface area contributed by atoms with Gasteiger partial charge in [-0.05, 0) is 18.6 Å². The predicted octanol–water partition coefficient (Wildman–Crippen LogP) is 4.00. The van der Waals surface area contributed by atoms with Crippen LogP contribution < -0.4 is 10.1 Å². The molecule has 166 valence electrons. The lowest BCUT2D eigenvalue weighted by atomic mass is 10.2. The highest BCUT2D eigenvalue weighted by Gasteiger charge is 2.16. The lowest BCUT2D eigenvalue weighted by molar-refractivity contribution is 0.0321. The van der Waals surface area contributed by atoms with E-state index in [1.54, 1.807) is 24.7 Å². The fourth-order valence-corrected chi connectivity index (χ4v) is 4.16. The molecule has 5 rings (SSSR count). The van der Waals surface area contributed by atoms with Crippen LogP contribution in [0.3, 0.4) is 0 Å². The number of ether oxygens (including phenoxy) is 2. The molecule has 1 saturated heterocycles. The molecule has 2 aromatic carbocycles. The number of halogens is 1. The number of fused-ring (bicyclic) bond motifs is 3. The van der Waals surface area contributed by atoms with Crippen LogP contribution in [-0.2, 0) is 4.74 Å². The molecule has 0 amide bonds. The van der Waals surface area contributed by atoms with Crippen LogP contribution >= 0.6 is 11.6 Å². The first-order valence-corrected chi connectivity index (χ1v) is 10.9. The Kier molecular flexibility index (Phi) is 5.73. The lowest BCUT2D eigenvalue weighted by Crippen LogP contribution is -2.38. The zero-order valence-corrected chi connectivity index (χ0v) is 18.5. The van der Waals surface area contributed by atoms with E-state index in [0.29, 0.717) is 28.7 Å². The van der Waals surface area contributed by atoms with Crippen molar-refractivity contribution in [3.63, 3.8) is 0 Å². The second-order valence-corrected chi connectivity index (χ2v) is 8.18. The van der Waals surface area contributed by atoms with Crippen molar-refractivity contribution >= 4 is 39.7 Å². The van der Waals surface area contributed by atoms with Gasteiger partial charge in [0.1, 0.15) is 12.1 Å². The maximum atomic E-state index is 10.6. The molecule has 0 radical (unpaired) electrons. The van der Waals surface area contributed by atoms with Gasteiger partial charge in [0.05, 0.1) is 47.5 Å². The SMILES string of the molecule is Cc1cccc(Cl)c1Nc1nc2cc(O)c(OCCN3CCOCC3)cc2n2cncc12.